The van der Waals surface area contributed by atoms with Crippen molar-refractivity contribution in [2.45, 2.75) is 6.92 Å². The maximum absolute atomic E-state index is 12.3. The molecule has 21 heavy (non-hydrogen) atoms. The van der Waals surface area contributed by atoms with Crippen LogP contribution in [0.4, 0.5) is 0 Å². The molecule has 2 N–H and O–H groups in total. The Morgan fingerprint density at radius 1 is 1.43 bits per heavy atom. The molecule has 0 unspecified atom stereocenters. The van der Waals surface area contributed by atoms with Crippen LogP contribution in [0.1, 0.15) is 22.8 Å². The van der Waals surface area contributed by atoms with Gasteiger partial charge in [-0.25, -0.2) is 0 Å². The van der Waals surface area contributed by atoms with E-state index in [-0.39, 0.29) is 12.5 Å². The number of nitrogens with zero attached hydrogens (tertiary/aromatic N) is 1. The Bertz CT molecular complexity index is 532. The summed E-state index contributed by atoms with van der Waals surface area (Å²) in [5, 5.41) is 0. The van der Waals surface area contributed by atoms with E-state index >= 15 is 0 Å². The monoisotopic (exact) mass is 290 g/mol. The smallest absolute Gasteiger partial charge is 0.253 e. The number of benzene rings is 1. The Hall–Kier alpha value is -2.03. The van der Waals surface area contributed by atoms with Gasteiger partial charge in [0.2, 0.25) is 0 Å². The molecule has 0 saturated carbocycles. The van der Waals surface area contributed by atoms with E-state index in [1.807, 2.05) is 6.92 Å². The van der Waals surface area contributed by atoms with E-state index in [9.17, 15) is 4.79 Å². The van der Waals surface area contributed by atoms with Gasteiger partial charge in [0.05, 0.1) is 25.8 Å². The number of ether oxygens (including phenoxy) is 2. The van der Waals surface area contributed by atoms with Gasteiger partial charge in [-0.15, -0.1) is 0 Å². The molecule has 1 rings (SSSR count). The summed E-state index contributed by atoms with van der Waals surface area (Å²) in [5.74, 6) is 6.24. The van der Waals surface area contributed by atoms with Gasteiger partial charge in [0.1, 0.15) is 5.75 Å². The Morgan fingerprint density at radius 2 is 2.19 bits per heavy atom. The second kappa shape index (κ2) is 9.01. The summed E-state index contributed by atoms with van der Waals surface area (Å²) in [7, 11) is 3.31. The highest BCUT2D eigenvalue weighted by atomic mass is 16.5. The third kappa shape index (κ3) is 5.10. The van der Waals surface area contributed by atoms with E-state index in [1.165, 1.54) is 0 Å². The number of hydrogen-bond acceptors (Lipinski definition) is 4. The van der Waals surface area contributed by atoms with Gasteiger partial charge in [-0.05, 0) is 25.1 Å². The lowest BCUT2D eigenvalue weighted by molar-refractivity contribution is 0.0710. The molecular weight excluding hydrogens is 268 g/mol. The number of carbonyl (C=O) groups excluding carboxylic acids is 1. The molecule has 0 heterocycles. The fraction of sp³-hybridized carbons (Fsp3) is 0.438. The van der Waals surface area contributed by atoms with Gasteiger partial charge in [-0.1, -0.05) is 11.8 Å². The number of likely N-dealkylation sites (N-methyl/N-ethyl adjacent to an activating group) is 1. The first-order chi connectivity index (χ1) is 10.1. The molecule has 114 valence electrons. The van der Waals surface area contributed by atoms with Crippen LogP contribution in [-0.4, -0.2) is 51.3 Å². The van der Waals surface area contributed by atoms with Crippen molar-refractivity contribution in [1.29, 1.82) is 0 Å². The summed E-state index contributed by atoms with van der Waals surface area (Å²) in [6.45, 7) is 3.89. The minimum atomic E-state index is -0.0758. The number of amides is 1. The maximum Gasteiger partial charge on any atom is 0.253 e. The SMILES string of the molecule is CCOCCN(C)C(=O)c1ccc(OC)c(C#CCN)c1. The summed E-state index contributed by atoms with van der Waals surface area (Å²) < 4.78 is 10.5. The van der Waals surface area contributed by atoms with E-state index in [1.54, 1.807) is 37.3 Å². The zero-order valence-corrected chi connectivity index (χ0v) is 12.8. The molecule has 0 aliphatic heterocycles. The lowest BCUT2D eigenvalue weighted by atomic mass is 10.1. The average molecular weight is 290 g/mol. The second-order valence-corrected chi connectivity index (χ2v) is 4.34. The quantitative estimate of drug-likeness (QED) is 0.630. The first-order valence-corrected chi connectivity index (χ1v) is 6.84. The first kappa shape index (κ1) is 17.0. The number of nitrogens with two attached hydrogens (primary N) is 1. The van der Waals surface area contributed by atoms with Crippen LogP contribution in [0, 0.1) is 11.8 Å². The molecule has 0 aromatic heterocycles. The van der Waals surface area contributed by atoms with Crippen LogP contribution < -0.4 is 10.5 Å². The number of methoxy groups -OCH3 is 1. The minimum Gasteiger partial charge on any atom is -0.495 e. The molecule has 1 amide bonds. The van der Waals surface area contributed by atoms with Crippen molar-refractivity contribution in [3.8, 4) is 17.6 Å². The molecule has 0 radical (unpaired) electrons. The molecule has 1 aromatic carbocycles. The number of rotatable bonds is 6. The topological polar surface area (TPSA) is 64.8 Å². The van der Waals surface area contributed by atoms with Gasteiger partial charge in [0.25, 0.3) is 5.91 Å². The van der Waals surface area contributed by atoms with Crippen LogP contribution >= 0.6 is 0 Å². The van der Waals surface area contributed by atoms with Gasteiger partial charge in [-0.3, -0.25) is 4.79 Å². The van der Waals surface area contributed by atoms with Gasteiger partial charge in [-0.2, -0.15) is 0 Å². The fourth-order valence-electron chi connectivity index (χ4n) is 1.75. The van der Waals surface area contributed by atoms with Crippen molar-refractivity contribution in [2.24, 2.45) is 5.73 Å². The molecule has 0 saturated heterocycles. The Labute approximate surface area is 126 Å². The Balaban J connectivity index is 2.89. The maximum atomic E-state index is 12.3. The van der Waals surface area contributed by atoms with Crippen LogP contribution in [0.5, 0.6) is 5.75 Å². The third-order valence-electron chi connectivity index (χ3n) is 2.89. The number of hydrogen-bond donors (Lipinski definition) is 1. The summed E-state index contributed by atoms with van der Waals surface area (Å²) in [6, 6.07) is 5.19. The molecule has 0 aliphatic carbocycles. The van der Waals surface area contributed by atoms with Crippen molar-refractivity contribution >= 4 is 5.91 Å². The zero-order chi connectivity index (χ0) is 15.7. The minimum absolute atomic E-state index is 0.0758. The Kier molecular flexibility index (Phi) is 7.30. The Morgan fingerprint density at radius 3 is 2.81 bits per heavy atom. The van der Waals surface area contributed by atoms with Gasteiger partial charge in [0, 0.05) is 25.8 Å². The van der Waals surface area contributed by atoms with Gasteiger partial charge < -0.3 is 20.1 Å². The molecule has 0 atom stereocenters. The highest BCUT2D eigenvalue weighted by molar-refractivity contribution is 5.94. The van der Waals surface area contributed by atoms with E-state index in [4.69, 9.17) is 15.2 Å². The van der Waals surface area contributed by atoms with Crippen molar-refractivity contribution in [1.82, 2.24) is 4.90 Å². The van der Waals surface area contributed by atoms with E-state index < -0.39 is 0 Å². The third-order valence-corrected chi connectivity index (χ3v) is 2.89. The predicted molar refractivity (Wildman–Crippen MR) is 82.4 cm³/mol. The first-order valence-electron chi connectivity index (χ1n) is 6.84. The number of carbonyl (C=O) groups is 1. The molecule has 0 fully saturated rings. The second-order valence-electron chi connectivity index (χ2n) is 4.34. The molecule has 0 aliphatic rings. The highest BCUT2D eigenvalue weighted by Gasteiger charge is 2.13. The lowest BCUT2D eigenvalue weighted by Gasteiger charge is -2.17. The lowest BCUT2D eigenvalue weighted by Crippen LogP contribution is -2.30. The summed E-state index contributed by atoms with van der Waals surface area (Å²) >= 11 is 0. The van der Waals surface area contributed by atoms with E-state index in [2.05, 4.69) is 11.8 Å². The van der Waals surface area contributed by atoms with Crippen LogP contribution in [0.15, 0.2) is 18.2 Å². The predicted octanol–water partition coefficient (Wildman–Crippen LogP) is 1.11. The largest absolute Gasteiger partial charge is 0.495 e. The molecule has 1 aromatic rings. The molecular formula is C16H22N2O3. The summed E-state index contributed by atoms with van der Waals surface area (Å²) in [5.41, 5.74) is 6.60. The molecule has 5 heteroatoms. The van der Waals surface area contributed by atoms with E-state index in [0.717, 1.165) is 0 Å². The van der Waals surface area contributed by atoms with Crippen molar-refractivity contribution in [3.05, 3.63) is 29.3 Å². The summed E-state index contributed by atoms with van der Waals surface area (Å²) in [6.07, 6.45) is 0. The fourth-order valence-corrected chi connectivity index (χ4v) is 1.75. The van der Waals surface area contributed by atoms with Crippen molar-refractivity contribution < 1.29 is 14.3 Å². The molecule has 0 bridgehead atoms. The van der Waals surface area contributed by atoms with E-state index in [0.29, 0.717) is 36.6 Å². The van der Waals surface area contributed by atoms with Gasteiger partial charge in [0.15, 0.2) is 0 Å². The standard InChI is InChI=1S/C16H22N2O3/c1-4-21-11-10-18(2)16(19)14-7-8-15(20-3)13(12-14)6-5-9-17/h7-8,12H,4,9-11,17H2,1-3H3. The highest BCUT2D eigenvalue weighted by Crippen LogP contribution is 2.19. The summed E-state index contributed by atoms with van der Waals surface area (Å²) in [4.78, 5) is 13.9. The van der Waals surface area contributed by atoms with Crippen LogP contribution in [0.2, 0.25) is 0 Å². The zero-order valence-electron chi connectivity index (χ0n) is 12.8. The van der Waals surface area contributed by atoms with Crippen LogP contribution in [-0.2, 0) is 4.74 Å². The average Bonchev–Trinajstić information content (AvgIpc) is 2.51. The molecule has 0 spiro atoms. The van der Waals surface area contributed by atoms with Gasteiger partial charge >= 0.3 is 0 Å². The van der Waals surface area contributed by atoms with Crippen LogP contribution in [0.3, 0.4) is 0 Å². The molecule has 5 nitrogen and oxygen atoms in total. The normalized spacial score (nSPS) is 9.71. The van der Waals surface area contributed by atoms with Crippen molar-refractivity contribution in [3.63, 3.8) is 0 Å². The van der Waals surface area contributed by atoms with Crippen molar-refractivity contribution in [2.75, 3.05) is 40.5 Å². The van der Waals surface area contributed by atoms with Crippen LogP contribution in [0.25, 0.3) is 0 Å².